The Balaban J connectivity index is 2.25. The van der Waals surface area contributed by atoms with E-state index in [9.17, 15) is 4.79 Å². The van der Waals surface area contributed by atoms with Crippen LogP contribution < -0.4 is 5.32 Å². The Morgan fingerprint density at radius 1 is 1.29 bits per heavy atom. The smallest absolute Gasteiger partial charge is 0.260 e. The van der Waals surface area contributed by atoms with Crippen molar-refractivity contribution < 1.29 is 9.32 Å². The van der Waals surface area contributed by atoms with Crippen molar-refractivity contribution in [2.75, 3.05) is 5.32 Å². The highest BCUT2D eigenvalue weighted by Crippen LogP contribution is 2.19. The minimum absolute atomic E-state index is 0.197. The lowest BCUT2D eigenvalue weighted by Gasteiger charge is -2.09. The van der Waals surface area contributed by atoms with Crippen molar-refractivity contribution in [3.05, 3.63) is 46.8 Å². The molecule has 0 spiro atoms. The maximum absolute atomic E-state index is 11.9. The average Bonchev–Trinajstić information content (AvgIpc) is 2.71. The predicted octanol–water partition coefficient (Wildman–Crippen LogP) is 2.85. The van der Waals surface area contributed by atoms with E-state index < -0.39 is 0 Å². The lowest BCUT2D eigenvalue weighted by molar-refractivity contribution is 0.102. The van der Waals surface area contributed by atoms with Crippen molar-refractivity contribution in [1.82, 2.24) is 5.16 Å². The number of anilines is 1. The highest BCUT2D eigenvalue weighted by atomic mass is 16.5. The summed E-state index contributed by atoms with van der Waals surface area (Å²) in [5, 5.41) is 6.54. The zero-order valence-electron chi connectivity index (χ0n) is 10.1. The van der Waals surface area contributed by atoms with E-state index in [1.807, 2.05) is 32.0 Å². The fraction of sp³-hybridized carbons (Fsp3) is 0.231. The molecule has 0 saturated heterocycles. The molecule has 2 aromatic rings. The quantitative estimate of drug-likeness (QED) is 0.863. The Morgan fingerprint density at radius 2 is 2.06 bits per heavy atom. The highest BCUT2D eigenvalue weighted by Gasteiger charge is 2.13. The summed E-state index contributed by atoms with van der Waals surface area (Å²) in [6, 6.07) is 5.80. The Kier molecular flexibility index (Phi) is 2.95. The van der Waals surface area contributed by atoms with Gasteiger partial charge in [0.15, 0.2) is 0 Å². The molecule has 1 N–H and O–H groups in total. The summed E-state index contributed by atoms with van der Waals surface area (Å²) in [6.45, 7) is 5.72. The van der Waals surface area contributed by atoms with Gasteiger partial charge in [0.1, 0.15) is 11.8 Å². The maximum Gasteiger partial charge on any atom is 0.260 e. The molecular formula is C13H14N2O2. The second-order valence-corrected chi connectivity index (χ2v) is 4.02. The second-order valence-electron chi connectivity index (χ2n) is 4.02. The highest BCUT2D eigenvalue weighted by molar-refractivity contribution is 6.05. The number of aromatic nitrogens is 1. The van der Waals surface area contributed by atoms with Gasteiger partial charge < -0.3 is 9.84 Å². The second kappa shape index (κ2) is 4.41. The van der Waals surface area contributed by atoms with Crippen molar-refractivity contribution in [2.45, 2.75) is 20.8 Å². The minimum Gasteiger partial charge on any atom is -0.364 e. The van der Waals surface area contributed by atoms with E-state index in [4.69, 9.17) is 4.52 Å². The summed E-state index contributed by atoms with van der Waals surface area (Å²) in [5.41, 5.74) is 4.08. The maximum atomic E-state index is 11.9. The van der Waals surface area contributed by atoms with E-state index in [0.29, 0.717) is 11.3 Å². The Labute approximate surface area is 99.6 Å². The lowest BCUT2D eigenvalue weighted by atomic mass is 10.1. The van der Waals surface area contributed by atoms with Gasteiger partial charge in [-0.05, 0) is 38.0 Å². The first-order valence-electron chi connectivity index (χ1n) is 5.38. The van der Waals surface area contributed by atoms with Gasteiger partial charge in [-0.25, -0.2) is 0 Å². The van der Waals surface area contributed by atoms with E-state index in [0.717, 1.165) is 16.8 Å². The number of benzene rings is 1. The van der Waals surface area contributed by atoms with Crippen LogP contribution in [-0.2, 0) is 0 Å². The van der Waals surface area contributed by atoms with Crippen LogP contribution in [0.5, 0.6) is 0 Å². The van der Waals surface area contributed by atoms with Gasteiger partial charge in [0.2, 0.25) is 0 Å². The van der Waals surface area contributed by atoms with Crippen LogP contribution in [0.3, 0.4) is 0 Å². The molecule has 1 aromatic carbocycles. The van der Waals surface area contributed by atoms with Gasteiger partial charge in [0, 0.05) is 5.69 Å². The fourth-order valence-electron chi connectivity index (χ4n) is 1.59. The normalized spacial score (nSPS) is 10.3. The summed E-state index contributed by atoms with van der Waals surface area (Å²) >= 11 is 0. The molecule has 4 heteroatoms. The first-order valence-corrected chi connectivity index (χ1v) is 5.38. The molecule has 0 fully saturated rings. The Morgan fingerprint density at radius 3 is 2.71 bits per heavy atom. The third-order valence-corrected chi connectivity index (χ3v) is 2.85. The topological polar surface area (TPSA) is 55.1 Å². The molecule has 0 aliphatic heterocycles. The van der Waals surface area contributed by atoms with Crippen LogP contribution in [0.25, 0.3) is 0 Å². The lowest BCUT2D eigenvalue weighted by Crippen LogP contribution is -2.13. The van der Waals surface area contributed by atoms with E-state index in [1.54, 1.807) is 6.92 Å². The number of carbonyl (C=O) groups is 1. The number of aryl methyl sites for hydroxylation is 2. The van der Waals surface area contributed by atoms with E-state index in [1.165, 1.54) is 6.26 Å². The molecule has 0 bridgehead atoms. The zero-order chi connectivity index (χ0) is 12.4. The Bertz CT molecular complexity index is 558. The fourth-order valence-corrected chi connectivity index (χ4v) is 1.59. The van der Waals surface area contributed by atoms with Crippen LogP contribution in [0.15, 0.2) is 29.0 Å². The largest absolute Gasteiger partial charge is 0.364 e. The number of hydrogen-bond donors (Lipinski definition) is 1. The van der Waals surface area contributed by atoms with Crippen molar-refractivity contribution >= 4 is 11.6 Å². The summed E-state index contributed by atoms with van der Waals surface area (Å²) < 4.78 is 4.75. The molecular weight excluding hydrogens is 216 g/mol. The van der Waals surface area contributed by atoms with E-state index >= 15 is 0 Å². The molecule has 1 heterocycles. The standard InChI is InChI=1S/C13H14N2O2/c1-8-5-4-6-12(9(8)2)14-13(16)11-7-17-15-10(11)3/h4-7H,1-3H3,(H,14,16). The third-order valence-electron chi connectivity index (χ3n) is 2.85. The molecule has 0 atom stereocenters. The number of nitrogens with one attached hydrogen (secondary N) is 1. The monoisotopic (exact) mass is 230 g/mol. The van der Waals surface area contributed by atoms with Crippen molar-refractivity contribution in [1.29, 1.82) is 0 Å². The van der Waals surface area contributed by atoms with Crippen molar-refractivity contribution in [3.63, 3.8) is 0 Å². The summed E-state index contributed by atoms with van der Waals surface area (Å²) in [7, 11) is 0. The van der Waals surface area contributed by atoms with Gasteiger partial charge in [0.25, 0.3) is 5.91 Å². The molecule has 1 aromatic heterocycles. The number of amides is 1. The third kappa shape index (κ3) is 2.20. The van der Waals surface area contributed by atoms with Crippen LogP contribution in [0, 0.1) is 20.8 Å². The van der Waals surface area contributed by atoms with Gasteiger partial charge in [-0.3, -0.25) is 4.79 Å². The van der Waals surface area contributed by atoms with Crippen molar-refractivity contribution in [2.24, 2.45) is 0 Å². The number of nitrogens with zero attached hydrogens (tertiary/aromatic N) is 1. The van der Waals surface area contributed by atoms with Gasteiger partial charge in [0.05, 0.1) is 5.69 Å². The molecule has 17 heavy (non-hydrogen) atoms. The molecule has 2 rings (SSSR count). The van der Waals surface area contributed by atoms with Crippen LogP contribution in [0.1, 0.15) is 27.2 Å². The molecule has 88 valence electrons. The number of rotatable bonds is 2. The van der Waals surface area contributed by atoms with E-state index in [2.05, 4.69) is 10.5 Å². The molecule has 4 nitrogen and oxygen atoms in total. The van der Waals surface area contributed by atoms with Crippen molar-refractivity contribution in [3.8, 4) is 0 Å². The summed E-state index contributed by atoms with van der Waals surface area (Å²) in [4.78, 5) is 11.9. The van der Waals surface area contributed by atoms with E-state index in [-0.39, 0.29) is 5.91 Å². The van der Waals surface area contributed by atoms with Crippen LogP contribution in [0.4, 0.5) is 5.69 Å². The minimum atomic E-state index is -0.197. The molecule has 0 radical (unpaired) electrons. The first kappa shape index (κ1) is 11.4. The number of hydrogen-bond acceptors (Lipinski definition) is 3. The average molecular weight is 230 g/mol. The molecule has 0 aliphatic rings. The van der Waals surface area contributed by atoms with Gasteiger partial charge >= 0.3 is 0 Å². The van der Waals surface area contributed by atoms with Gasteiger partial charge in [-0.15, -0.1) is 0 Å². The van der Waals surface area contributed by atoms with Crippen LogP contribution in [0.2, 0.25) is 0 Å². The molecule has 0 saturated carbocycles. The SMILES string of the molecule is Cc1cccc(NC(=O)c2conc2C)c1C. The summed E-state index contributed by atoms with van der Waals surface area (Å²) in [5.74, 6) is -0.197. The summed E-state index contributed by atoms with van der Waals surface area (Å²) in [6.07, 6.45) is 1.36. The van der Waals surface area contributed by atoms with Crippen LogP contribution >= 0.6 is 0 Å². The molecule has 0 unspecified atom stereocenters. The molecule has 0 aliphatic carbocycles. The zero-order valence-corrected chi connectivity index (χ0v) is 10.1. The number of carbonyl (C=O) groups excluding carboxylic acids is 1. The molecule has 1 amide bonds. The predicted molar refractivity (Wildman–Crippen MR) is 65.1 cm³/mol. The Hall–Kier alpha value is -2.10. The first-order chi connectivity index (χ1) is 8.09. The van der Waals surface area contributed by atoms with Gasteiger partial charge in [-0.1, -0.05) is 17.3 Å². The van der Waals surface area contributed by atoms with Gasteiger partial charge in [-0.2, -0.15) is 0 Å². The van der Waals surface area contributed by atoms with Crippen LogP contribution in [-0.4, -0.2) is 11.1 Å².